The Labute approximate surface area is 123 Å². The van der Waals surface area contributed by atoms with Crippen LogP contribution in [0.2, 0.25) is 0 Å². The van der Waals surface area contributed by atoms with Crippen LogP contribution in [0.25, 0.3) is 0 Å². The van der Waals surface area contributed by atoms with E-state index in [1.54, 1.807) is 0 Å². The molecule has 6 nitrogen and oxygen atoms in total. The molecule has 2 aliphatic heterocycles. The number of nitrogens with zero attached hydrogens (tertiary/aromatic N) is 2. The van der Waals surface area contributed by atoms with E-state index < -0.39 is 0 Å². The van der Waals surface area contributed by atoms with Crippen molar-refractivity contribution in [2.45, 2.75) is 38.6 Å². The van der Waals surface area contributed by atoms with Gasteiger partial charge in [0.05, 0.1) is 0 Å². The van der Waals surface area contributed by atoms with Crippen LogP contribution >= 0.6 is 0 Å². The summed E-state index contributed by atoms with van der Waals surface area (Å²) < 4.78 is 0. The molecule has 4 amide bonds. The van der Waals surface area contributed by atoms with Gasteiger partial charge in [-0.15, -0.1) is 0 Å². The number of amides is 4. The second-order valence-corrected chi connectivity index (χ2v) is 5.24. The Bertz CT molecular complexity index is 500. The highest BCUT2D eigenvalue weighted by Crippen LogP contribution is 2.15. The highest BCUT2D eigenvalue weighted by Gasteiger charge is 2.28. The zero-order chi connectivity index (χ0) is 15.4. The molecule has 0 aromatic heterocycles. The Morgan fingerprint density at radius 3 is 1.90 bits per heavy atom. The van der Waals surface area contributed by atoms with Crippen LogP contribution in [0.5, 0.6) is 0 Å². The van der Waals surface area contributed by atoms with Crippen LogP contribution in [0.1, 0.15) is 32.6 Å². The molecule has 0 N–H and O–H groups in total. The average molecular weight is 290 g/mol. The van der Waals surface area contributed by atoms with Crippen LogP contribution in [0.15, 0.2) is 24.3 Å². The van der Waals surface area contributed by atoms with Crippen molar-refractivity contribution in [2.75, 3.05) is 6.54 Å². The van der Waals surface area contributed by atoms with E-state index in [-0.39, 0.29) is 29.7 Å². The number of rotatable bonds is 7. The summed E-state index contributed by atoms with van der Waals surface area (Å²) in [7, 11) is 0. The Hall–Kier alpha value is -2.24. The molecule has 2 aliphatic rings. The number of hydrogen-bond donors (Lipinski definition) is 0. The number of hydrogen-bond acceptors (Lipinski definition) is 4. The molecule has 0 aromatic rings. The second-order valence-electron chi connectivity index (χ2n) is 5.24. The largest absolute Gasteiger partial charge is 0.275 e. The first-order valence-corrected chi connectivity index (χ1v) is 7.09. The fraction of sp³-hybridized carbons (Fsp3) is 0.467. The van der Waals surface area contributed by atoms with Gasteiger partial charge in [0.1, 0.15) is 0 Å². The van der Waals surface area contributed by atoms with Crippen molar-refractivity contribution >= 4 is 23.6 Å². The summed E-state index contributed by atoms with van der Waals surface area (Å²) in [5, 5.41) is 0. The second kappa shape index (κ2) is 6.47. The topological polar surface area (TPSA) is 74.8 Å². The van der Waals surface area contributed by atoms with Gasteiger partial charge < -0.3 is 0 Å². The molecule has 0 fully saturated rings. The van der Waals surface area contributed by atoms with E-state index in [0.29, 0.717) is 6.54 Å². The minimum atomic E-state index is -0.258. The molecular formula is C15H18N2O4. The average Bonchev–Trinajstić information content (AvgIpc) is 2.94. The van der Waals surface area contributed by atoms with Gasteiger partial charge in [-0.1, -0.05) is 12.8 Å². The van der Waals surface area contributed by atoms with Crippen molar-refractivity contribution in [3.63, 3.8) is 0 Å². The SMILES string of the molecule is CC(CCCCCN1C(=O)C=CC1=O)N1C(=O)C=CC1=O. The van der Waals surface area contributed by atoms with Gasteiger partial charge in [0.15, 0.2) is 0 Å². The molecule has 0 saturated carbocycles. The number of imide groups is 2. The standard InChI is InChI=1S/C15H18N2O4/c1-11(17-14(20)8-9-15(17)21)5-3-2-4-10-16-12(18)6-7-13(16)19/h6-9,11H,2-5,10H2,1H3. The molecule has 6 heteroatoms. The smallest absolute Gasteiger partial charge is 0.253 e. The predicted molar refractivity (Wildman–Crippen MR) is 74.8 cm³/mol. The third-order valence-electron chi connectivity index (χ3n) is 3.69. The molecule has 1 atom stereocenters. The van der Waals surface area contributed by atoms with Gasteiger partial charge in [0.25, 0.3) is 23.6 Å². The van der Waals surface area contributed by atoms with Gasteiger partial charge in [-0.2, -0.15) is 0 Å². The van der Waals surface area contributed by atoms with Gasteiger partial charge in [-0.3, -0.25) is 29.0 Å². The van der Waals surface area contributed by atoms with Gasteiger partial charge in [-0.25, -0.2) is 0 Å². The summed E-state index contributed by atoms with van der Waals surface area (Å²) in [5.41, 5.74) is 0. The number of carbonyl (C=O) groups is 4. The lowest BCUT2D eigenvalue weighted by Gasteiger charge is -2.22. The maximum absolute atomic E-state index is 11.5. The van der Waals surface area contributed by atoms with Crippen LogP contribution in [0, 0.1) is 0 Å². The fourth-order valence-electron chi connectivity index (χ4n) is 2.51. The minimum absolute atomic E-state index is 0.128. The number of carbonyl (C=O) groups excluding carboxylic acids is 4. The minimum Gasteiger partial charge on any atom is -0.275 e. The third kappa shape index (κ3) is 3.45. The van der Waals surface area contributed by atoms with Crippen molar-refractivity contribution in [2.24, 2.45) is 0 Å². The van der Waals surface area contributed by atoms with Crippen LogP contribution in [-0.2, 0) is 19.2 Å². The molecule has 21 heavy (non-hydrogen) atoms. The highest BCUT2D eigenvalue weighted by atomic mass is 16.2. The van der Waals surface area contributed by atoms with Crippen LogP contribution in [-0.4, -0.2) is 46.0 Å². The van der Waals surface area contributed by atoms with E-state index in [1.165, 1.54) is 34.1 Å². The first-order chi connectivity index (χ1) is 10.0. The molecule has 112 valence electrons. The van der Waals surface area contributed by atoms with Crippen molar-refractivity contribution < 1.29 is 19.2 Å². The van der Waals surface area contributed by atoms with Gasteiger partial charge >= 0.3 is 0 Å². The van der Waals surface area contributed by atoms with Gasteiger partial charge in [-0.05, 0) is 19.8 Å². The van der Waals surface area contributed by atoms with Crippen molar-refractivity contribution in [3.8, 4) is 0 Å². The van der Waals surface area contributed by atoms with E-state index >= 15 is 0 Å². The lowest BCUT2D eigenvalue weighted by Crippen LogP contribution is -2.38. The van der Waals surface area contributed by atoms with E-state index in [0.717, 1.165) is 25.7 Å². The molecule has 0 aromatic carbocycles. The predicted octanol–water partition coefficient (Wildman–Crippen LogP) is 0.785. The monoisotopic (exact) mass is 290 g/mol. The number of unbranched alkanes of at least 4 members (excludes halogenated alkanes) is 2. The molecular weight excluding hydrogens is 272 g/mol. The normalized spacial score (nSPS) is 19.3. The Balaban J connectivity index is 1.64. The first kappa shape index (κ1) is 15.2. The van der Waals surface area contributed by atoms with Gasteiger partial charge in [0, 0.05) is 36.9 Å². The molecule has 0 aliphatic carbocycles. The summed E-state index contributed by atoms with van der Waals surface area (Å²) in [6.45, 7) is 2.27. The van der Waals surface area contributed by atoms with Crippen molar-refractivity contribution in [1.29, 1.82) is 0 Å². The summed E-state index contributed by atoms with van der Waals surface area (Å²) in [4.78, 5) is 48.1. The van der Waals surface area contributed by atoms with Gasteiger partial charge in [0.2, 0.25) is 0 Å². The summed E-state index contributed by atoms with van der Waals surface area (Å²) >= 11 is 0. The molecule has 0 bridgehead atoms. The summed E-state index contributed by atoms with van der Waals surface area (Å²) in [6.07, 6.45) is 8.26. The quantitative estimate of drug-likeness (QED) is 0.513. The van der Waals surface area contributed by atoms with Crippen molar-refractivity contribution in [1.82, 2.24) is 9.80 Å². The third-order valence-corrected chi connectivity index (χ3v) is 3.69. The zero-order valence-electron chi connectivity index (χ0n) is 11.9. The fourth-order valence-corrected chi connectivity index (χ4v) is 2.51. The van der Waals surface area contributed by atoms with Crippen LogP contribution < -0.4 is 0 Å². The van der Waals surface area contributed by atoms with E-state index in [9.17, 15) is 19.2 Å². The molecule has 0 radical (unpaired) electrons. The van der Waals surface area contributed by atoms with Crippen LogP contribution in [0.4, 0.5) is 0 Å². The highest BCUT2D eigenvalue weighted by molar-refractivity contribution is 6.13. The van der Waals surface area contributed by atoms with Crippen LogP contribution in [0.3, 0.4) is 0 Å². The maximum Gasteiger partial charge on any atom is 0.253 e. The molecule has 2 heterocycles. The molecule has 0 saturated heterocycles. The maximum atomic E-state index is 11.5. The molecule has 0 spiro atoms. The Morgan fingerprint density at radius 2 is 1.33 bits per heavy atom. The Kier molecular flexibility index (Phi) is 4.67. The molecule has 2 rings (SSSR count). The van der Waals surface area contributed by atoms with Crippen molar-refractivity contribution in [3.05, 3.63) is 24.3 Å². The molecule has 1 unspecified atom stereocenters. The van der Waals surface area contributed by atoms with E-state index in [4.69, 9.17) is 0 Å². The zero-order valence-corrected chi connectivity index (χ0v) is 11.9. The first-order valence-electron chi connectivity index (χ1n) is 7.09. The lowest BCUT2D eigenvalue weighted by atomic mass is 10.1. The lowest BCUT2D eigenvalue weighted by molar-refractivity contribution is -0.140. The van der Waals surface area contributed by atoms with E-state index in [2.05, 4.69) is 0 Å². The summed E-state index contributed by atoms with van der Waals surface area (Å²) in [5.74, 6) is -1.03. The Morgan fingerprint density at radius 1 is 0.810 bits per heavy atom. The van der Waals surface area contributed by atoms with E-state index in [1.807, 2.05) is 6.92 Å². The summed E-state index contributed by atoms with van der Waals surface area (Å²) in [6, 6.07) is -0.128.